The highest BCUT2D eigenvalue weighted by molar-refractivity contribution is 6.50. The van der Waals surface area contributed by atoms with E-state index in [0.717, 1.165) is 5.69 Å². The van der Waals surface area contributed by atoms with E-state index in [1.807, 2.05) is 37.3 Å². The minimum Gasteiger partial charge on any atom is -0.349 e. The highest BCUT2D eigenvalue weighted by Gasteiger charge is 2.27. The van der Waals surface area contributed by atoms with Gasteiger partial charge in [0.2, 0.25) is 11.6 Å². The Hall–Kier alpha value is -3.67. The lowest BCUT2D eigenvalue weighted by molar-refractivity contribution is -0.111. The van der Waals surface area contributed by atoms with Gasteiger partial charge in [0.05, 0.1) is 17.1 Å². The number of nitrogens with one attached hydrogen (secondary N) is 1. The van der Waals surface area contributed by atoms with Crippen LogP contribution in [0.15, 0.2) is 65.5 Å². The van der Waals surface area contributed by atoms with Crippen LogP contribution >= 0.6 is 0 Å². The van der Waals surface area contributed by atoms with Gasteiger partial charge in [-0.1, -0.05) is 42.5 Å². The number of ketones is 2. The quantitative estimate of drug-likeness (QED) is 0.730. The molecule has 0 radical (unpaired) electrons. The highest BCUT2D eigenvalue weighted by Crippen LogP contribution is 2.27. The van der Waals surface area contributed by atoms with Gasteiger partial charge in [0, 0.05) is 24.3 Å². The van der Waals surface area contributed by atoms with E-state index in [2.05, 4.69) is 5.32 Å². The van der Waals surface area contributed by atoms with E-state index < -0.39 is 11.6 Å². The molecular weight excluding hydrogens is 342 g/mol. The predicted molar refractivity (Wildman–Crippen MR) is 103 cm³/mol. The highest BCUT2D eigenvalue weighted by atomic mass is 16.2. The molecule has 0 saturated heterocycles. The largest absolute Gasteiger partial charge is 0.349 e. The van der Waals surface area contributed by atoms with E-state index in [4.69, 9.17) is 0 Å². The van der Waals surface area contributed by atoms with Crippen LogP contribution in [0.2, 0.25) is 0 Å². The standard InChI is InChI=1S/C21H17N3O3/c1-13-19(21(27)24(23(13)2)14-8-4-3-5-9-14)22-17-12-18(25)20(26)16-11-7-6-10-15(16)17/h3-12,22H,1-2H3. The Kier molecular flexibility index (Phi) is 3.88. The van der Waals surface area contributed by atoms with Crippen molar-refractivity contribution in [3.8, 4) is 5.69 Å². The summed E-state index contributed by atoms with van der Waals surface area (Å²) >= 11 is 0. The number of anilines is 1. The van der Waals surface area contributed by atoms with Crippen LogP contribution < -0.4 is 10.9 Å². The molecule has 134 valence electrons. The number of para-hydroxylation sites is 1. The summed E-state index contributed by atoms with van der Waals surface area (Å²) in [5, 5.41) is 3.09. The SMILES string of the molecule is Cc1c(NC2=CC(=O)C(=O)c3ccccc32)c(=O)n(-c2ccccc2)n1C. The van der Waals surface area contributed by atoms with Gasteiger partial charge in [-0.2, -0.15) is 0 Å². The van der Waals surface area contributed by atoms with Crippen LogP contribution in [0.25, 0.3) is 11.4 Å². The zero-order valence-corrected chi connectivity index (χ0v) is 14.9. The third kappa shape index (κ3) is 2.62. The third-order valence-electron chi connectivity index (χ3n) is 4.77. The molecule has 6 heteroatoms. The summed E-state index contributed by atoms with van der Waals surface area (Å²) in [6.07, 6.45) is 1.25. The molecule has 3 aromatic rings. The fourth-order valence-corrected chi connectivity index (χ4v) is 3.27. The number of carbonyl (C=O) groups is 2. The average molecular weight is 359 g/mol. The van der Waals surface area contributed by atoms with Crippen LogP contribution in [0.5, 0.6) is 0 Å². The third-order valence-corrected chi connectivity index (χ3v) is 4.77. The molecule has 0 amide bonds. The smallest absolute Gasteiger partial charge is 0.295 e. The second kappa shape index (κ2) is 6.25. The van der Waals surface area contributed by atoms with Crippen molar-refractivity contribution in [2.45, 2.75) is 6.92 Å². The van der Waals surface area contributed by atoms with Crippen molar-refractivity contribution in [2.75, 3.05) is 5.32 Å². The molecule has 1 aromatic heterocycles. The fraction of sp³-hybridized carbons (Fsp3) is 0.0952. The van der Waals surface area contributed by atoms with Gasteiger partial charge in [-0.3, -0.25) is 19.1 Å². The van der Waals surface area contributed by atoms with Crippen molar-refractivity contribution in [3.63, 3.8) is 0 Å². The van der Waals surface area contributed by atoms with Crippen LogP contribution in [0.3, 0.4) is 0 Å². The number of allylic oxidation sites excluding steroid dienone is 1. The monoisotopic (exact) mass is 359 g/mol. The molecule has 4 rings (SSSR count). The van der Waals surface area contributed by atoms with E-state index in [0.29, 0.717) is 28.2 Å². The number of hydrogen-bond acceptors (Lipinski definition) is 4. The van der Waals surface area contributed by atoms with Gasteiger partial charge in [0.15, 0.2) is 0 Å². The number of benzene rings is 2. The van der Waals surface area contributed by atoms with Crippen molar-refractivity contribution < 1.29 is 9.59 Å². The molecule has 0 unspecified atom stereocenters. The summed E-state index contributed by atoms with van der Waals surface area (Å²) in [5.74, 6) is -1.14. The summed E-state index contributed by atoms with van der Waals surface area (Å²) in [4.78, 5) is 37.2. The van der Waals surface area contributed by atoms with Gasteiger partial charge >= 0.3 is 0 Å². The van der Waals surface area contributed by atoms with E-state index in [1.165, 1.54) is 6.08 Å². The molecule has 0 atom stereocenters. The molecule has 1 N–H and O–H groups in total. The molecule has 0 bridgehead atoms. The van der Waals surface area contributed by atoms with Gasteiger partial charge in [0.1, 0.15) is 5.69 Å². The molecule has 27 heavy (non-hydrogen) atoms. The fourth-order valence-electron chi connectivity index (χ4n) is 3.27. The van der Waals surface area contributed by atoms with E-state index >= 15 is 0 Å². The maximum atomic E-state index is 13.0. The Bertz CT molecular complexity index is 1170. The van der Waals surface area contributed by atoms with Crippen molar-refractivity contribution >= 4 is 23.0 Å². The second-order valence-corrected chi connectivity index (χ2v) is 6.36. The Morgan fingerprint density at radius 2 is 1.48 bits per heavy atom. The van der Waals surface area contributed by atoms with Gasteiger partial charge in [0.25, 0.3) is 5.56 Å². The van der Waals surface area contributed by atoms with Crippen molar-refractivity contribution in [1.82, 2.24) is 9.36 Å². The first-order valence-corrected chi connectivity index (χ1v) is 8.50. The molecule has 1 aliphatic rings. The van der Waals surface area contributed by atoms with Crippen LogP contribution in [0.1, 0.15) is 21.6 Å². The van der Waals surface area contributed by atoms with Crippen LogP contribution in [0.4, 0.5) is 5.69 Å². The zero-order chi connectivity index (χ0) is 19.1. The molecule has 1 heterocycles. The number of aromatic nitrogens is 2. The first-order valence-electron chi connectivity index (χ1n) is 8.50. The first kappa shape index (κ1) is 16.8. The Labute approximate surface area is 155 Å². The lowest BCUT2D eigenvalue weighted by Gasteiger charge is -2.17. The Morgan fingerprint density at radius 1 is 0.852 bits per heavy atom. The topological polar surface area (TPSA) is 73.1 Å². The molecule has 6 nitrogen and oxygen atoms in total. The second-order valence-electron chi connectivity index (χ2n) is 6.36. The Morgan fingerprint density at radius 3 is 2.19 bits per heavy atom. The maximum Gasteiger partial charge on any atom is 0.295 e. The number of Topliss-reactive ketones (excluding diaryl/α,β-unsaturated/α-hetero) is 1. The molecule has 0 saturated carbocycles. The minimum atomic E-state index is -0.604. The summed E-state index contributed by atoms with van der Waals surface area (Å²) in [6, 6.07) is 16.2. The number of hydrogen-bond donors (Lipinski definition) is 1. The van der Waals surface area contributed by atoms with Gasteiger partial charge in [-0.25, -0.2) is 4.68 Å². The number of nitrogens with zero attached hydrogens (tertiary/aromatic N) is 2. The van der Waals surface area contributed by atoms with Crippen molar-refractivity contribution in [3.05, 3.63) is 87.8 Å². The van der Waals surface area contributed by atoms with Crippen molar-refractivity contribution in [1.29, 1.82) is 0 Å². The molecule has 0 fully saturated rings. The lowest BCUT2D eigenvalue weighted by Crippen LogP contribution is -2.23. The minimum absolute atomic E-state index is 0.232. The summed E-state index contributed by atoms with van der Waals surface area (Å²) < 4.78 is 3.31. The normalized spacial score (nSPS) is 13.3. The van der Waals surface area contributed by atoms with Gasteiger partial charge < -0.3 is 5.32 Å². The van der Waals surface area contributed by atoms with Gasteiger partial charge in [-0.15, -0.1) is 0 Å². The van der Waals surface area contributed by atoms with Crippen LogP contribution in [-0.4, -0.2) is 20.9 Å². The molecular formula is C21H17N3O3. The molecule has 2 aromatic carbocycles. The van der Waals surface area contributed by atoms with Gasteiger partial charge in [-0.05, 0) is 19.1 Å². The number of carbonyl (C=O) groups excluding carboxylic acids is 2. The predicted octanol–water partition coefficient (Wildman–Crippen LogP) is 2.70. The number of fused-ring (bicyclic) bond motifs is 1. The lowest BCUT2D eigenvalue weighted by atomic mass is 9.93. The first-order chi connectivity index (χ1) is 13.0. The molecule has 0 aliphatic heterocycles. The maximum absolute atomic E-state index is 13.0. The van der Waals surface area contributed by atoms with E-state index in [1.54, 1.807) is 40.7 Å². The molecule has 1 aliphatic carbocycles. The zero-order valence-electron chi connectivity index (χ0n) is 14.9. The average Bonchev–Trinajstić information content (AvgIpc) is 2.90. The van der Waals surface area contributed by atoms with Crippen molar-refractivity contribution in [2.24, 2.45) is 7.05 Å². The van der Waals surface area contributed by atoms with E-state index in [9.17, 15) is 14.4 Å². The van der Waals surface area contributed by atoms with Crippen LogP contribution in [0, 0.1) is 6.92 Å². The summed E-state index contributed by atoms with van der Waals surface area (Å²) in [6.45, 7) is 1.82. The summed E-state index contributed by atoms with van der Waals surface area (Å²) in [7, 11) is 1.80. The summed E-state index contributed by atoms with van der Waals surface area (Å²) in [5.41, 5.74) is 2.98. The number of rotatable bonds is 3. The Balaban J connectivity index is 1.83. The van der Waals surface area contributed by atoms with E-state index in [-0.39, 0.29) is 5.56 Å². The van der Waals surface area contributed by atoms with Crippen LogP contribution in [-0.2, 0) is 11.8 Å². The molecule has 0 spiro atoms.